The maximum Gasteiger partial charge on any atom is 0.146 e. The number of rotatable bonds is 2. The van der Waals surface area contributed by atoms with Gasteiger partial charge in [0.25, 0.3) is 0 Å². The minimum Gasteiger partial charge on any atom is -0.456 e. The second-order valence-corrected chi connectivity index (χ2v) is 4.16. The Morgan fingerprint density at radius 2 is 1.71 bits per heavy atom. The quantitative estimate of drug-likeness (QED) is 0.790. The van der Waals surface area contributed by atoms with Crippen LogP contribution in [0.3, 0.4) is 0 Å². The maximum absolute atomic E-state index is 8.71. The van der Waals surface area contributed by atoms with Gasteiger partial charge in [0.1, 0.15) is 11.5 Å². The molecule has 4 heteroatoms. The van der Waals surface area contributed by atoms with Gasteiger partial charge in [0.15, 0.2) is 0 Å². The van der Waals surface area contributed by atoms with Crippen LogP contribution in [-0.4, -0.2) is 0 Å². The molecule has 0 N–H and O–H groups in total. The van der Waals surface area contributed by atoms with Crippen molar-refractivity contribution in [2.45, 2.75) is 0 Å². The molecule has 0 aliphatic rings. The molecule has 2 nitrogen and oxygen atoms in total. The fourth-order valence-corrected chi connectivity index (χ4v) is 1.63. The lowest BCUT2D eigenvalue weighted by Crippen LogP contribution is -1.85. The van der Waals surface area contributed by atoms with E-state index in [1.807, 2.05) is 6.07 Å². The van der Waals surface area contributed by atoms with Crippen LogP contribution in [0.1, 0.15) is 5.56 Å². The summed E-state index contributed by atoms with van der Waals surface area (Å²) in [6.45, 7) is 0. The second-order valence-electron chi connectivity index (χ2n) is 3.31. The van der Waals surface area contributed by atoms with Gasteiger partial charge in [-0.2, -0.15) is 5.26 Å². The summed E-state index contributed by atoms with van der Waals surface area (Å²) in [6.07, 6.45) is 0. The molecule has 2 aromatic carbocycles. The first kappa shape index (κ1) is 11.8. The van der Waals surface area contributed by atoms with Gasteiger partial charge in [-0.15, -0.1) is 0 Å². The van der Waals surface area contributed by atoms with Crippen molar-refractivity contribution in [1.82, 2.24) is 0 Å². The molecule has 0 bridgehead atoms. The first-order valence-electron chi connectivity index (χ1n) is 4.82. The Labute approximate surface area is 109 Å². The SMILES string of the molecule is N#Cc1ccc(Oc2ccc(Cl)cc2)c(Cl)c1. The zero-order valence-corrected chi connectivity index (χ0v) is 10.2. The molecular weight excluding hydrogens is 257 g/mol. The van der Waals surface area contributed by atoms with E-state index in [0.29, 0.717) is 27.1 Å². The Balaban J connectivity index is 2.25. The highest BCUT2D eigenvalue weighted by Crippen LogP contribution is 2.30. The number of hydrogen-bond donors (Lipinski definition) is 0. The summed E-state index contributed by atoms with van der Waals surface area (Å²) in [5, 5.41) is 9.75. The van der Waals surface area contributed by atoms with Crippen molar-refractivity contribution in [3.8, 4) is 17.6 Å². The summed E-state index contributed by atoms with van der Waals surface area (Å²) in [5.41, 5.74) is 0.499. The lowest BCUT2D eigenvalue weighted by molar-refractivity contribution is 0.483. The van der Waals surface area contributed by atoms with E-state index < -0.39 is 0 Å². The zero-order valence-electron chi connectivity index (χ0n) is 8.65. The van der Waals surface area contributed by atoms with Crippen molar-refractivity contribution < 1.29 is 4.74 Å². The topological polar surface area (TPSA) is 33.0 Å². The number of ether oxygens (including phenoxy) is 1. The molecule has 0 aliphatic heterocycles. The zero-order chi connectivity index (χ0) is 12.3. The van der Waals surface area contributed by atoms with Gasteiger partial charge in [0, 0.05) is 5.02 Å². The van der Waals surface area contributed by atoms with Crippen LogP contribution in [0.2, 0.25) is 10.0 Å². The summed E-state index contributed by atoms with van der Waals surface area (Å²) in [6, 6.07) is 13.8. The van der Waals surface area contributed by atoms with Crippen LogP contribution >= 0.6 is 23.2 Å². The van der Waals surface area contributed by atoms with Gasteiger partial charge in [-0.05, 0) is 42.5 Å². The molecule has 2 rings (SSSR count). The van der Waals surface area contributed by atoms with Gasteiger partial charge in [0.05, 0.1) is 16.7 Å². The van der Waals surface area contributed by atoms with Gasteiger partial charge in [-0.3, -0.25) is 0 Å². The third kappa shape index (κ3) is 2.91. The summed E-state index contributed by atoms with van der Waals surface area (Å²) >= 11 is 11.8. The van der Waals surface area contributed by atoms with Gasteiger partial charge < -0.3 is 4.74 Å². The van der Waals surface area contributed by atoms with Crippen LogP contribution in [-0.2, 0) is 0 Å². The lowest BCUT2D eigenvalue weighted by Gasteiger charge is -2.07. The lowest BCUT2D eigenvalue weighted by atomic mass is 10.2. The van der Waals surface area contributed by atoms with E-state index in [-0.39, 0.29) is 0 Å². The van der Waals surface area contributed by atoms with Crippen LogP contribution < -0.4 is 4.74 Å². The van der Waals surface area contributed by atoms with Crippen molar-refractivity contribution in [3.63, 3.8) is 0 Å². The maximum atomic E-state index is 8.71. The third-order valence-electron chi connectivity index (χ3n) is 2.10. The third-order valence-corrected chi connectivity index (χ3v) is 2.65. The van der Waals surface area contributed by atoms with Crippen LogP contribution in [0, 0.1) is 11.3 Å². The van der Waals surface area contributed by atoms with Crippen LogP contribution in [0.4, 0.5) is 0 Å². The molecule has 0 spiro atoms. The van der Waals surface area contributed by atoms with Gasteiger partial charge >= 0.3 is 0 Å². The predicted molar refractivity (Wildman–Crippen MR) is 67.7 cm³/mol. The summed E-state index contributed by atoms with van der Waals surface area (Å²) < 4.78 is 5.56. The highest BCUT2D eigenvalue weighted by atomic mass is 35.5. The van der Waals surface area contributed by atoms with Crippen molar-refractivity contribution in [1.29, 1.82) is 5.26 Å². The Morgan fingerprint density at radius 1 is 1.00 bits per heavy atom. The average molecular weight is 264 g/mol. The van der Waals surface area contributed by atoms with Crippen LogP contribution in [0.25, 0.3) is 0 Å². The smallest absolute Gasteiger partial charge is 0.146 e. The number of hydrogen-bond acceptors (Lipinski definition) is 2. The van der Waals surface area contributed by atoms with Crippen molar-refractivity contribution in [2.24, 2.45) is 0 Å². The van der Waals surface area contributed by atoms with E-state index in [4.69, 9.17) is 33.2 Å². The number of nitriles is 1. The molecule has 0 aliphatic carbocycles. The minimum absolute atomic E-state index is 0.402. The summed E-state index contributed by atoms with van der Waals surface area (Å²) in [7, 11) is 0. The van der Waals surface area contributed by atoms with E-state index in [2.05, 4.69) is 0 Å². The molecule has 17 heavy (non-hydrogen) atoms. The number of halogens is 2. The first-order valence-corrected chi connectivity index (χ1v) is 5.58. The molecule has 0 heterocycles. The van der Waals surface area contributed by atoms with Gasteiger partial charge in [-0.1, -0.05) is 23.2 Å². The number of nitrogens with zero attached hydrogens (tertiary/aromatic N) is 1. The van der Waals surface area contributed by atoms with E-state index in [0.717, 1.165) is 0 Å². The van der Waals surface area contributed by atoms with Crippen LogP contribution in [0.5, 0.6) is 11.5 Å². The summed E-state index contributed by atoms with van der Waals surface area (Å²) in [4.78, 5) is 0. The molecule has 0 fully saturated rings. The highest BCUT2D eigenvalue weighted by molar-refractivity contribution is 6.32. The molecule has 0 aromatic heterocycles. The molecule has 0 unspecified atom stereocenters. The standard InChI is InChI=1S/C13H7Cl2NO/c14-10-2-4-11(5-3-10)17-13-6-1-9(8-16)7-12(13)15/h1-7H. The van der Waals surface area contributed by atoms with Crippen molar-refractivity contribution >= 4 is 23.2 Å². The minimum atomic E-state index is 0.402. The fourth-order valence-electron chi connectivity index (χ4n) is 1.28. The normalized spacial score (nSPS) is 9.71. The van der Waals surface area contributed by atoms with Gasteiger partial charge in [-0.25, -0.2) is 0 Å². The molecule has 0 radical (unpaired) electrons. The highest BCUT2D eigenvalue weighted by Gasteiger charge is 2.04. The monoisotopic (exact) mass is 263 g/mol. The first-order chi connectivity index (χ1) is 8.19. The Morgan fingerprint density at radius 3 is 2.29 bits per heavy atom. The molecule has 84 valence electrons. The number of benzene rings is 2. The predicted octanol–water partition coefficient (Wildman–Crippen LogP) is 4.66. The van der Waals surface area contributed by atoms with E-state index in [1.54, 1.807) is 42.5 Å². The molecule has 0 atom stereocenters. The average Bonchev–Trinajstić information content (AvgIpc) is 2.34. The molecular formula is C13H7Cl2NO. The van der Waals surface area contributed by atoms with Gasteiger partial charge in [0.2, 0.25) is 0 Å². The second kappa shape index (κ2) is 5.09. The molecule has 0 saturated heterocycles. The molecule has 0 saturated carbocycles. The molecule has 0 amide bonds. The Kier molecular flexibility index (Phi) is 3.53. The van der Waals surface area contributed by atoms with Crippen LogP contribution in [0.15, 0.2) is 42.5 Å². The Bertz CT molecular complexity index is 573. The van der Waals surface area contributed by atoms with E-state index in [9.17, 15) is 0 Å². The van der Waals surface area contributed by atoms with E-state index in [1.165, 1.54) is 0 Å². The fraction of sp³-hybridized carbons (Fsp3) is 0. The largest absolute Gasteiger partial charge is 0.456 e. The summed E-state index contributed by atoms with van der Waals surface area (Å²) in [5.74, 6) is 1.15. The Hall–Kier alpha value is -1.69. The molecule has 2 aromatic rings. The van der Waals surface area contributed by atoms with E-state index >= 15 is 0 Å². The van der Waals surface area contributed by atoms with Crippen molar-refractivity contribution in [3.05, 3.63) is 58.1 Å². The van der Waals surface area contributed by atoms with Crippen molar-refractivity contribution in [2.75, 3.05) is 0 Å².